The zero-order chi connectivity index (χ0) is 15.1. The fourth-order valence-corrected chi connectivity index (χ4v) is 1.90. The van der Waals surface area contributed by atoms with Crippen molar-refractivity contribution in [3.8, 4) is 0 Å². The molecular formula is C13H25N3O4. The van der Waals surface area contributed by atoms with Gasteiger partial charge in [-0.1, -0.05) is 13.8 Å². The Labute approximate surface area is 119 Å². The van der Waals surface area contributed by atoms with Crippen LogP contribution in [-0.4, -0.2) is 66.9 Å². The molecule has 2 unspecified atom stereocenters. The van der Waals surface area contributed by atoms with Gasteiger partial charge < -0.3 is 15.2 Å². The van der Waals surface area contributed by atoms with Gasteiger partial charge in [0, 0.05) is 19.1 Å². The van der Waals surface area contributed by atoms with Crippen molar-refractivity contribution in [1.29, 1.82) is 0 Å². The Hall–Kier alpha value is -1.18. The van der Waals surface area contributed by atoms with Crippen molar-refractivity contribution in [2.75, 3.05) is 32.8 Å². The number of ether oxygens (including phenoxy) is 1. The maximum atomic E-state index is 11.8. The molecule has 0 saturated carbocycles. The largest absolute Gasteiger partial charge is 0.394 e. The fourth-order valence-electron chi connectivity index (χ4n) is 1.90. The van der Waals surface area contributed by atoms with E-state index in [1.54, 1.807) is 0 Å². The molecule has 0 aromatic carbocycles. The summed E-state index contributed by atoms with van der Waals surface area (Å²) < 4.78 is 5.39. The number of hydrogen-bond acceptors (Lipinski definition) is 5. The van der Waals surface area contributed by atoms with E-state index in [0.717, 1.165) is 0 Å². The number of rotatable bonds is 5. The Balaban J connectivity index is 2.35. The van der Waals surface area contributed by atoms with Gasteiger partial charge in [-0.2, -0.15) is 0 Å². The smallest absolute Gasteiger partial charge is 0.321 e. The second-order valence-corrected chi connectivity index (χ2v) is 5.57. The number of morpholine rings is 1. The lowest BCUT2D eigenvalue weighted by Gasteiger charge is -2.36. The number of carbonyl (C=O) groups excluding carboxylic acids is 2. The van der Waals surface area contributed by atoms with Crippen LogP contribution >= 0.6 is 0 Å². The van der Waals surface area contributed by atoms with E-state index < -0.39 is 6.03 Å². The highest BCUT2D eigenvalue weighted by molar-refractivity contribution is 5.95. The average Bonchev–Trinajstić information content (AvgIpc) is 2.39. The molecule has 2 atom stereocenters. The van der Waals surface area contributed by atoms with Crippen LogP contribution in [0.1, 0.15) is 20.8 Å². The van der Waals surface area contributed by atoms with Gasteiger partial charge >= 0.3 is 6.03 Å². The summed E-state index contributed by atoms with van der Waals surface area (Å²) in [6.07, 6.45) is -0.270. The summed E-state index contributed by atoms with van der Waals surface area (Å²) in [6.45, 7) is 7.44. The summed E-state index contributed by atoms with van der Waals surface area (Å²) in [7, 11) is 0. The highest BCUT2D eigenvalue weighted by Gasteiger charge is 2.27. The zero-order valence-electron chi connectivity index (χ0n) is 12.4. The SMILES string of the molecule is CC(C)CNC(=O)NC(=O)CN1CC(CO)OCC1C. The van der Waals surface area contributed by atoms with Crippen molar-refractivity contribution in [1.82, 2.24) is 15.5 Å². The topological polar surface area (TPSA) is 90.9 Å². The molecular weight excluding hydrogens is 262 g/mol. The summed E-state index contributed by atoms with van der Waals surface area (Å²) in [5.41, 5.74) is 0. The van der Waals surface area contributed by atoms with Gasteiger partial charge in [-0.05, 0) is 12.8 Å². The standard InChI is InChI=1S/C13H25N3O4/c1-9(2)4-14-13(19)15-12(18)6-16-5-11(7-17)20-8-10(16)3/h9-11,17H,4-8H2,1-3H3,(H2,14,15,18,19). The van der Waals surface area contributed by atoms with Gasteiger partial charge in [0.2, 0.25) is 5.91 Å². The third kappa shape index (κ3) is 5.85. The molecule has 0 bridgehead atoms. The molecule has 0 aromatic heterocycles. The van der Waals surface area contributed by atoms with E-state index >= 15 is 0 Å². The maximum Gasteiger partial charge on any atom is 0.321 e. The summed E-state index contributed by atoms with van der Waals surface area (Å²) in [5, 5.41) is 14.0. The van der Waals surface area contributed by atoms with E-state index in [4.69, 9.17) is 9.84 Å². The Morgan fingerprint density at radius 2 is 2.15 bits per heavy atom. The van der Waals surface area contributed by atoms with E-state index in [1.165, 1.54) is 0 Å². The monoisotopic (exact) mass is 287 g/mol. The first-order valence-corrected chi connectivity index (χ1v) is 6.96. The number of aliphatic hydroxyl groups excluding tert-OH is 1. The van der Waals surface area contributed by atoms with E-state index in [1.807, 2.05) is 25.7 Å². The lowest BCUT2D eigenvalue weighted by Crippen LogP contribution is -2.53. The average molecular weight is 287 g/mol. The van der Waals surface area contributed by atoms with Crippen LogP contribution in [0.3, 0.4) is 0 Å². The van der Waals surface area contributed by atoms with Crippen LogP contribution in [-0.2, 0) is 9.53 Å². The molecule has 116 valence electrons. The molecule has 3 N–H and O–H groups in total. The van der Waals surface area contributed by atoms with Gasteiger partial charge in [0.05, 0.1) is 25.9 Å². The normalized spacial score (nSPS) is 23.6. The maximum absolute atomic E-state index is 11.8. The Kier molecular flexibility index (Phi) is 6.90. The van der Waals surface area contributed by atoms with Crippen molar-refractivity contribution in [2.45, 2.75) is 32.9 Å². The van der Waals surface area contributed by atoms with Gasteiger partial charge in [0.15, 0.2) is 0 Å². The number of nitrogens with one attached hydrogen (secondary N) is 2. The predicted octanol–water partition coefficient (Wildman–Crippen LogP) is -0.450. The molecule has 1 rings (SSSR count). The number of amides is 3. The van der Waals surface area contributed by atoms with E-state index in [0.29, 0.717) is 25.6 Å². The Morgan fingerprint density at radius 1 is 1.45 bits per heavy atom. The Morgan fingerprint density at radius 3 is 2.75 bits per heavy atom. The molecule has 7 nitrogen and oxygen atoms in total. The minimum absolute atomic E-state index is 0.0697. The minimum atomic E-state index is -0.469. The van der Waals surface area contributed by atoms with Crippen LogP contribution in [0.25, 0.3) is 0 Å². The Bertz CT molecular complexity index is 336. The van der Waals surface area contributed by atoms with Crippen molar-refractivity contribution in [2.24, 2.45) is 5.92 Å². The first-order chi connectivity index (χ1) is 9.42. The molecule has 1 heterocycles. The number of imide groups is 1. The van der Waals surface area contributed by atoms with Crippen LogP contribution in [0.2, 0.25) is 0 Å². The number of aliphatic hydroxyl groups is 1. The molecule has 0 aliphatic carbocycles. The van der Waals surface area contributed by atoms with E-state index in [-0.39, 0.29) is 31.2 Å². The minimum Gasteiger partial charge on any atom is -0.394 e. The fraction of sp³-hybridized carbons (Fsp3) is 0.846. The first kappa shape index (κ1) is 16.9. The van der Waals surface area contributed by atoms with Crippen molar-refractivity contribution in [3.05, 3.63) is 0 Å². The van der Waals surface area contributed by atoms with Crippen LogP contribution in [0.15, 0.2) is 0 Å². The van der Waals surface area contributed by atoms with Crippen molar-refractivity contribution >= 4 is 11.9 Å². The highest BCUT2D eigenvalue weighted by atomic mass is 16.5. The zero-order valence-corrected chi connectivity index (χ0v) is 12.4. The molecule has 0 spiro atoms. The van der Waals surface area contributed by atoms with Gasteiger partial charge in [-0.15, -0.1) is 0 Å². The van der Waals surface area contributed by atoms with Gasteiger partial charge in [-0.25, -0.2) is 4.79 Å². The number of carbonyl (C=O) groups is 2. The van der Waals surface area contributed by atoms with Gasteiger partial charge in [0.25, 0.3) is 0 Å². The molecule has 1 aliphatic heterocycles. The summed E-state index contributed by atoms with van der Waals surface area (Å²) in [5.74, 6) is -0.0166. The third-order valence-corrected chi connectivity index (χ3v) is 3.11. The second kappa shape index (κ2) is 8.18. The second-order valence-electron chi connectivity index (χ2n) is 5.57. The predicted molar refractivity (Wildman–Crippen MR) is 74.2 cm³/mol. The highest BCUT2D eigenvalue weighted by Crippen LogP contribution is 2.10. The van der Waals surface area contributed by atoms with Crippen LogP contribution in [0.4, 0.5) is 4.79 Å². The molecule has 20 heavy (non-hydrogen) atoms. The number of urea groups is 1. The molecule has 0 radical (unpaired) electrons. The lowest BCUT2D eigenvalue weighted by molar-refractivity contribution is -0.126. The molecule has 3 amide bonds. The summed E-state index contributed by atoms with van der Waals surface area (Å²) in [6, 6.07) is -0.384. The molecule has 1 fully saturated rings. The lowest BCUT2D eigenvalue weighted by atomic mass is 10.2. The first-order valence-electron chi connectivity index (χ1n) is 6.96. The van der Waals surface area contributed by atoms with Crippen molar-refractivity contribution < 1.29 is 19.4 Å². The molecule has 1 aliphatic rings. The summed E-state index contributed by atoms with van der Waals surface area (Å²) >= 11 is 0. The van der Waals surface area contributed by atoms with Gasteiger partial charge in [0.1, 0.15) is 0 Å². The third-order valence-electron chi connectivity index (χ3n) is 3.11. The molecule has 7 heteroatoms. The van der Waals surface area contributed by atoms with Crippen LogP contribution in [0.5, 0.6) is 0 Å². The van der Waals surface area contributed by atoms with Crippen LogP contribution < -0.4 is 10.6 Å². The summed E-state index contributed by atoms with van der Waals surface area (Å²) in [4.78, 5) is 25.2. The number of nitrogens with zero attached hydrogens (tertiary/aromatic N) is 1. The molecule has 0 aromatic rings. The quantitative estimate of drug-likeness (QED) is 0.637. The van der Waals surface area contributed by atoms with E-state index in [9.17, 15) is 9.59 Å². The molecule has 1 saturated heterocycles. The van der Waals surface area contributed by atoms with Crippen LogP contribution in [0, 0.1) is 5.92 Å². The van der Waals surface area contributed by atoms with Crippen molar-refractivity contribution in [3.63, 3.8) is 0 Å². The van der Waals surface area contributed by atoms with Gasteiger partial charge in [-0.3, -0.25) is 15.0 Å². The van der Waals surface area contributed by atoms with E-state index in [2.05, 4.69) is 10.6 Å². The number of hydrogen-bond donors (Lipinski definition) is 3.